The Hall–Kier alpha value is -7.39. The summed E-state index contributed by atoms with van der Waals surface area (Å²) in [4.78, 5) is 287. The van der Waals surface area contributed by atoms with E-state index in [1.54, 1.807) is 63.7 Å². The van der Waals surface area contributed by atoms with E-state index in [1.165, 1.54) is 49.3 Å². The van der Waals surface area contributed by atoms with Crippen LogP contribution in [0.25, 0.3) is 0 Å². The van der Waals surface area contributed by atoms with Gasteiger partial charge in [0.05, 0.1) is 104 Å². The summed E-state index contributed by atoms with van der Waals surface area (Å²) >= 11 is 0. The molecule has 4 aliphatic heterocycles. The largest absolute Gasteiger partial charge is 3.00 e. The summed E-state index contributed by atoms with van der Waals surface area (Å²) in [7, 11) is 0. The van der Waals surface area contributed by atoms with Gasteiger partial charge in [-0.2, -0.15) is 0 Å². The summed E-state index contributed by atoms with van der Waals surface area (Å²) < 4.78 is 0. The minimum Gasteiger partial charge on any atom is -0.549 e. The Balaban J connectivity index is 0.0000327. The third-order valence-corrected chi connectivity index (χ3v) is 24.7. The third-order valence-electron chi connectivity index (χ3n) is 24.7. The van der Waals surface area contributed by atoms with Gasteiger partial charge in [0, 0.05) is 303 Å². The predicted molar refractivity (Wildman–Crippen MR) is 483 cm³/mol. The third kappa shape index (κ3) is 58.2. The van der Waals surface area contributed by atoms with Gasteiger partial charge in [-0.25, -0.2) is 0 Å². The summed E-state index contributed by atoms with van der Waals surface area (Å²) in [5, 5.41) is 121. The van der Waals surface area contributed by atoms with Crippen LogP contribution >= 0.6 is 0 Å². The molecule has 5 atom stereocenters. The fourth-order valence-electron chi connectivity index (χ4n) is 16.4. The number of nitrogens with zero attached hydrogens (tertiary/aromatic N) is 16. The van der Waals surface area contributed by atoms with E-state index in [0.29, 0.717) is 0 Å². The van der Waals surface area contributed by atoms with Crippen LogP contribution < -0.4 is 26.2 Å². The van der Waals surface area contributed by atoms with E-state index in [1.807, 2.05) is 0 Å². The van der Waals surface area contributed by atoms with Gasteiger partial charge in [0.25, 0.3) is 0 Å². The number of carbonyl (C=O) groups is 20. The first kappa shape index (κ1) is 128. The fourth-order valence-corrected chi connectivity index (χ4v) is 16.4. The normalized spacial score (nSPS) is 19.5. The predicted octanol–water partition coefficient (Wildman–Crippen LogP) is -10.2. The Labute approximate surface area is 873 Å². The summed E-state index contributed by atoms with van der Waals surface area (Å²) in [6.45, 7) is 2.04. The van der Waals surface area contributed by atoms with Crippen LogP contribution in [0.2, 0.25) is 0 Å². The van der Waals surface area contributed by atoms with Crippen LogP contribution in [0, 0.1) is 109 Å². The van der Waals surface area contributed by atoms with Crippen molar-refractivity contribution in [1.82, 2.24) is 94.3 Å². The number of carbonyl (C=O) groups excluding carboxylic acids is 11. The average Bonchev–Trinajstić information content (AvgIpc) is 0.801. The van der Waals surface area contributed by atoms with Crippen molar-refractivity contribution in [1.29, 1.82) is 0 Å². The van der Waals surface area contributed by atoms with Gasteiger partial charge in [-0.05, 0) is 13.3 Å². The molecule has 0 aromatic heterocycles. The number of carboxylic acid groups (broad SMARTS) is 11. The van der Waals surface area contributed by atoms with E-state index >= 15 is 0 Å². The van der Waals surface area contributed by atoms with Crippen molar-refractivity contribution in [3.8, 4) is 0 Å². The molecule has 0 bridgehead atoms. The molecular formula is C87H145Gd2N19O31+4. The fraction of sp³-hybridized carbons (Fsp3) is 0.770. The number of Topliss-reactive ketones (excluding diaryl/α,β-unsaturated/α-hetero) is 6. The first-order valence-electron chi connectivity index (χ1n) is 46.4. The summed E-state index contributed by atoms with van der Waals surface area (Å²) in [6.07, 6.45) is -2.77. The molecule has 0 aromatic carbocycles. The minimum absolute atomic E-state index is 0. The molecule has 0 saturated carbocycles. The maximum Gasteiger partial charge on any atom is 3.00 e. The molecule has 50 nitrogen and oxygen atoms in total. The monoisotopic (exact) mass is 2270 g/mol. The number of hydrogen-bond acceptors (Lipinski definition) is 38. The summed E-state index contributed by atoms with van der Waals surface area (Å²) in [5.74, 6) is -22.8. The second kappa shape index (κ2) is 68.8. The molecule has 4 rings (SSSR count). The average molecular weight is 2270 g/mol. The maximum absolute atomic E-state index is 14.8. The Morgan fingerprint density at radius 1 is 0.237 bits per heavy atom. The standard InChI is InChI=1S/C87H147N19O31.2Gd/c1-63(69(109)45-92-10-22-98(51-78(120)121)28-34-104(57-84(132)133)35-29-99(23-11-92)52-79(122)123)40-68(108)6-7-87(60-88-73(113)41-64(2)70(110)46-93-12-20-96(49-76(116)117)18-8-91(44-67(5)107)9-19-97(21-13-93)50-77(118)119,61-89-74(114)42-65(3)71(111)47-94-14-24-100(53-80(124)125)30-36-105(58-85(134)135)37-31-101(25-15-94)54-81(126)127)62-90-75(115)43-66(4)72(112)48-95-16-26-102(55-82(128)129)32-38-106(59-86(136)137)39-33-103(27-17-95)56-83(130)131;;/h63-66H,6-62H2,1-5H3,(H,88,113)(H,89,114)(H,90,115)(H,116,117)(H,118,119)(H,120,121)(H,122,123)(H,124,125)(H,126,127)(H,128,129)(H,130,131)(H,132,133)(H,134,135)(H,136,137);;/q;2*+3/p-2. The van der Waals surface area contributed by atoms with Crippen molar-refractivity contribution in [3.63, 3.8) is 0 Å². The zero-order chi connectivity index (χ0) is 102. The van der Waals surface area contributed by atoms with Crippen LogP contribution in [0.15, 0.2) is 0 Å². The molecule has 0 spiro atoms. The number of amides is 3. The Morgan fingerprint density at radius 2 is 0.381 bits per heavy atom. The molecular weight excluding hydrogens is 2120 g/mol. The Bertz CT molecular complexity index is 3400. The van der Waals surface area contributed by atoms with Crippen LogP contribution in [0.5, 0.6) is 0 Å². The van der Waals surface area contributed by atoms with E-state index in [0.717, 1.165) is 0 Å². The zero-order valence-corrected chi connectivity index (χ0v) is 85.0. The van der Waals surface area contributed by atoms with Gasteiger partial charge in [-0.15, -0.1) is 0 Å². The SMILES string of the molecule is CC(=O)CN1CCN(CC(=O)O)CCN(CC(=O)C(C)CC(=O)NCC(CCC(=O)CC(C)C(=O)CN2CCN(CC(=O)O)CCN(CC(=O)O)CCN(CC(=O)O)CC2)(CNC(=O)CC(C)C(=O)CN2CCN(CC(=O)[O-])CCN(CC(=O)[O-])CCN(CC(=O)O)CC2)CNC(=O)CC(C)C(=O)CN2CCN(CC(=O)O)CCN(CC(=O)O)CCN(CC(=O)O)CC2)CCN(CC(=O)O)CC1.[Gd+3].[Gd+3]. The quantitative estimate of drug-likeness (QED) is 0.0269. The van der Waals surface area contributed by atoms with Gasteiger partial charge >= 0.3 is 134 Å². The van der Waals surface area contributed by atoms with Crippen molar-refractivity contribution in [2.45, 2.75) is 73.1 Å². The topological polar surface area (TPSA) is 658 Å². The van der Waals surface area contributed by atoms with Gasteiger partial charge < -0.3 is 81.7 Å². The first-order valence-corrected chi connectivity index (χ1v) is 46.4. The van der Waals surface area contributed by atoms with E-state index in [2.05, 4.69) is 16.0 Å². The first-order chi connectivity index (χ1) is 64.6. The summed E-state index contributed by atoms with van der Waals surface area (Å²) in [6, 6.07) is 0. The van der Waals surface area contributed by atoms with Crippen LogP contribution in [0.3, 0.4) is 0 Å². The molecule has 4 fully saturated rings. The molecule has 0 aromatic rings. The van der Waals surface area contributed by atoms with Crippen molar-refractivity contribution < 1.29 is 232 Å². The molecule has 4 aliphatic rings. The van der Waals surface area contributed by atoms with Crippen LogP contribution in [0.4, 0.5) is 0 Å². The number of ketones is 6. The van der Waals surface area contributed by atoms with Crippen LogP contribution in [-0.4, -0.2) is 576 Å². The van der Waals surface area contributed by atoms with Crippen LogP contribution in [-0.2, 0) is 95.9 Å². The van der Waals surface area contributed by atoms with Crippen molar-refractivity contribution >= 4 is 118 Å². The van der Waals surface area contributed by atoms with E-state index in [9.17, 15) is 152 Å². The number of nitrogens with one attached hydrogen (secondary N) is 3. The molecule has 12 N–H and O–H groups in total. The van der Waals surface area contributed by atoms with Gasteiger partial charge in [-0.3, -0.25) is 165 Å². The number of aliphatic carboxylic acids is 11. The molecule has 52 heteroatoms. The molecule has 5 unspecified atom stereocenters. The van der Waals surface area contributed by atoms with Crippen molar-refractivity contribution in [2.24, 2.45) is 29.1 Å². The number of hydrogen-bond donors (Lipinski definition) is 12. The Morgan fingerprint density at radius 3 is 0.532 bits per heavy atom. The number of rotatable bonds is 53. The minimum atomic E-state index is -1.68. The van der Waals surface area contributed by atoms with E-state index < -0.39 is 265 Å². The van der Waals surface area contributed by atoms with Gasteiger partial charge in [-0.1, -0.05) is 27.7 Å². The second-order valence-electron chi connectivity index (χ2n) is 36.6. The molecule has 786 valence electrons. The van der Waals surface area contributed by atoms with Gasteiger partial charge in [0.1, 0.15) is 34.7 Å². The van der Waals surface area contributed by atoms with Crippen LogP contribution in [0.1, 0.15) is 73.1 Å². The molecule has 139 heavy (non-hydrogen) atoms. The molecule has 4 heterocycles. The smallest absolute Gasteiger partial charge is 0.549 e. The molecule has 3 amide bonds. The van der Waals surface area contributed by atoms with E-state index in [4.69, 9.17) is 0 Å². The van der Waals surface area contributed by atoms with E-state index in [-0.39, 0.29) is 334 Å². The molecule has 4 saturated heterocycles. The second-order valence-corrected chi connectivity index (χ2v) is 36.6. The molecule has 2 radical (unpaired) electrons. The number of carboxylic acids is 11. The Kier molecular flexibility index (Phi) is 63.2. The van der Waals surface area contributed by atoms with Gasteiger partial charge in [0.2, 0.25) is 17.7 Å². The maximum atomic E-state index is 14.8. The van der Waals surface area contributed by atoms with Gasteiger partial charge in [0.15, 0.2) is 0 Å². The zero-order valence-electron chi connectivity index (χ0n) is 80.5. The molecule has 0 aliphatic carbocycles. The van der Waals surface area contributed by atoms with Crippen molar-refractivity contribution in [3.05, 3.63) is 0 Å². The van der Waals surface area contributed by atoms with Crippen molar-refractivity contribution in [2.75, 3.05) is 334 Å². The summed E-state index contributed by atoms with van der Waals surface area (Å²) in [5.41, 5.74) is -1.68.